The molecule has 2 aliphatic rings. The van der Waals surface area contributed by atoms with Crippen LogP contribution < -0.4 is 5.32 Å². The highest BCUT2D eigenvalue weighted by Gasteiger charge is 2.27. The Morgan fingerprint density at radius 1 is 1.09 bits per heavy atom. The second kappa shape index (κ2) is 6.73. The summed E-state index contributed by atoms with van der Waals surface area (Å²) < 4.78 is 0.972. The molecule has 0 atom stereocenters. The molecule has 0 unspecified atom stereocenters. The van der Waals surface area contributed by atoms with Gasteiger partial charge in [0.25, 0.3) is 0 Å². The summed E-state index contributed by atoms with van der Waals surface area (Å²) in [5.74, 6) is 0. The van der Waals surface area contributed by atoms with Gasteiger partial charge in [-0.25, -0.2) is 0 Å². The van der Waals surface area contributed by atoms with Crippen molar-refractivity contribution in [2.75, 3.05) is 18.4 Å². The van der Waals surface area contributed by atoms with Crippen LogP contribution in [-0.4, -0.2) is 40.0 Å². The van der Waals surface area contributed by atoms with E-state index in [1.807, 2.05) is 24.5 Å². The third kappa shape index (κ3) is 3.36. The zero-order valence-electron chi connectivity index (χ0n) is 13.3. The quantitative estimate of drug-likeness (QED) is 0.873. The molecule has 0 radical (unpaired) electrons. The maximum absolute atomic E-state index is 4.54. The number of piperidine rings is 1. The lowest BCUT2D eigenvalue weighted by Crippen LogP contribution is -2.43. The summed E-state index contributed by atoms with van der Waals surface area (Å²) >= 11 is 3.47. The van der Waals surface area contributed by atoms with Gasteiger partial charge in [0, 0.05) is 42.0 Å². The van der Waals surface area contributed by atoms with Gasteiger partial charge in [0.05, 0.1) is 11.2 Å². The molecule has 0 bridgehead atoms. The number of aromatic nitrogens is 2. The van der Waals surface area contributed by atoms with Crippen LogP contribution in [0.25, 0.3) is 11.0 Å². The second-order valence-electron chi connectivity index (χ2n) is 6.77. The highest BCUT2D eigenvalue weighted by molar-refractivity contribution is 9.10. The average Bonchev–Trinajstić information content (AvgIpc) is 3.10. The van der Waals surface area contributed by atoms with Gasteiger partial charge in [0.15, 0.2) is 0 Å². The topological polar surface area (TPSA) is 41.1 Å². The molecule has 1 saturated carbocycles. The first-order valence-corrected chi connectivity index (χ1v) is 9.50. The van der Waals surface area contributed by atoms with Crippen LogP contribution in [0.3, 0.4) is 0 Å². The van der Waals surface area contributed by atoms with E-state index in [0.717, 1.165) is 27.2 Å². The van der Waals surface area contributed by atoms with Gasteiger partial charge in [-0.05, 0) is 53.7 Å². The SMILES string of the molecule is Brc1cnc2c(NC3CCN(C4CCCC4)CC3)ccnc2c1. The van der Waals surface area contributed by atoms with Gasteiger partial charge in [-0.3, -0.25) is 9.97 Å². The molecule has 1 aliphatic heterocycles. The first-order chi connectivity index (χ1) is 11.3. The van der Waals surface area contributed by atoms with Gasteiger partial charge in [0.1, 0.15) is 5.52 Å². The summed E-state index contributed by atoms with van der Waals surface area (Å²) in [6.07, 6.45) is 11.8. The summed E-state index contributed by atoms with van der Waals surface area (Å²) in [6, 6.07) is 5.48. The van der Waals surface area contributed by atoms with Crippen LogP contribution in [0, 0.1) is 0 Å². The number of rotatable bonds is 3. The van der Waals surface area contributed by atoms with Gasteiger partial charge in [-0.1, -0.05) is 12.8 Å². The largest absolute Gasteiger partial charge is 0.380 e. The molecule has 0 amide bonds. The fraction of sp³-hybridized carbons (Fsp3) is 0.556. The fourth-order valence-electron chi connectivity index (χ4n) is 4.02. The Kier molecular flexibility index (Phi) is 4.49. The third-order valence-electron chi connectivity index (χ3n) is 5.27. The van der Waals surface area contributed by atoms with E-state index in [1.165, 1.54) is 51.6 Å². The van der Waals surface area contributed by atoms with Gasteiger partial charge < -0.3 is 10.2 Å². The van der Waals surface area contributed by atoms with Gasteiger partial charge in [-0.15, -0.1) is 0 Å². The molecule has 4 rings (SSSR count). The molecule has 4 nitrogen and oxygen atoms in total. The molecule has 0 spiro atoms. The van der Waals surface area contributed by atoms with Crippen molar-refractivity contribution in [1.82, 2.24) is 14.9 Å². The summed E-state index contributed by atoms with van der Waals surface area (Å²) in [4.78, 5) is 11.7. The summed E-state index contributed by atoms with van der Waals surface area (Å²) in [5.41, 5.74) is 3.02. The lowest BCUT2D eigenvalue weighted by atomic mass is 10.0. The molecular formula is C18H23BrN4. The Balaban J connectivity index is 1.43. The maximum Gasteiger partial charge on any atom is 0.112 e. The summed E-state index contributed by atoms with van der Waals surface area (Å²) in [6.45, 7) is 2.45. The molecule has 1 saturated heterocycles. The Morgan fingerprint density at radius 3 is 2.65 bits per heavy atom. The van der Waals surface area contributed by atoms with E-state index >= 15 is 0 Å². The standard InChI is InChI=1S/C18H23BrN4/c19-13-11-17-18(21-12-13)16(5-8-20-17)22-14-6-9-23(10-7-14)15-3-1-2-4-15/h5,8,11-12,14-15H,1-4,6-7,9-10H2,(H,20,22). The Hall–Kier alpha value is -1.20. The minimum atomic E-state index is 0.545. The number of hydrogen-bond acceptors (Lipinski definition) is 4. The molecule has 2 fully saturated rings. The van der Waals surface area contributed by atoms with E-state index in [0.29, 0.717) is 6.04 Å². The van der Waals surface area contributed by atoms with E-state index < -0.39 is 0 Å². The highest BCUT2D eigenvalue weighted by Crippen LogP contribution is 2.28. The van der Waals surface area contributed by atoms with Gasteiger partial charge in [0.2, 0.25) is 0 Å². The average molecular weight is 375 g/mol. The number of nitrogens with zero attached hydrogens (tertiary/aromatic N) is 3. The first-order valence-electron chi connectivity index (χ1n) is 8.70. The molecule has 122 valence electrons. The number of hydrogen-bond donors (Lipinski definition) is 1. The number of nitrogens with one attached hydrogen (secondary N) is 1. The third-order valence-corrected chi connectivity index (χ3v) is 5.71. The lowest BCUT2D eigenvalue weighted by Gasteiger charge is -2.36. The number of likely N-dealkylation sites (tertiary alicyclic amines) is 1. The van der Waals surface area contributed by atoms with Crippen LogP contribution in [0.4, 0.5) is 5.69 Å². The van der Waals surface area contributed by atoms with E-state index in [-0.39, 0.29) is 0 Å². The van der Waals surface area contributed by atoms with Crippen molar-refractivity contribution in [3.05, 3.63) is 29.0 Å². The molecular weight excluding hydrogens is 352 g/mol. The predicted molar refractivity (Wildman–Crippen MR) is 97.7 cm³/mol. The van der Waals surface area contributed by atoms with Crippen LogP contribution >= 0.6 is 15.9 Å². The van der Waals surface area contributed by atoms with Crippen LogP contribution in [0.1, 0.15) is 38.5 Å². The molecule has 1 N–H and O–H groups in total. The van der Waals surface area contributed by atoms with Crippen molar-refractivity contribution in [2.24, 2.45) is 0 Å². The summed E-state index contributed by atoms with van der Waals surface area (Å²) in [5, 5.41) is 3.71. The van der Waals surface area contributed by atoms with E-state index in [1.54, 1.807) is 0 Å². The van der Waals surface area contributed by atoms with Crippen LogP contribution in [0.5, 0.6) is 0 Å². The van der Waals surface area contributed by atoms with Gasteiger partial charge in [-0.2, -0.15) is 0 Å². The van der Waals surface area contributed by atoms with Crippen LogP contribution in [0.15, 0.2) is 29.0 Å². The molecule has 23 heavy (non-hydrogen) atoms. The van der Waals surface area contributed by atoms with Crippen molar-refractivity contribution in [3.63, 3.8) is 0 Å². The van der Waals surface area contributed by atoms with Crippen molar-refractivity contribution in [1.29, 1.82) is 0 Å². The molecule has 3 heterocycles. The molecule has 0 aromatic carbocycles. The number of fused-ring (bicyclic) bond motifs is 1. The zero-order valence-corrected chi connectivity index (χ0v) is 14.9. The normalized spacial score (nSPS) is 21.1. The maximum atomic E-state index is 4.54. The summed E-state index contributed by atoms with van der Waals surface area (Å²) in [7, 11) is 0. The van der Waals surface area contributed by atoms with E-state index in [4.69, 9.17) is 0 Å². The molecule has 5 heteroatoms. The number of anilines is 1. The number of halogens is 1. The van der Waals surface area contributed by atoms with Crippen molar-refractivity contribution < 1.29 is 0 Å². The Morgan fingerprint density at radius 2 is 1.87 bits per heavy atom. The van der Waals surface area contributed by atoms with Crippen LogP contribution in [0.2, 0.25) is 0 Å². The first kappa shape index (κ1) is 15.3. The monoisotopic (exact) mass is 374 g/mol. The van der Waals surface area contributed by atoms with Crippen molar-refractivity contribution in [3.8, 4) is 0 Å². The molecule has 2 aromatic heterocycles. The minimum absolute atomic E-state index is 0.545. The highest BCUT2D eigenvalue weighted by atomic mass is 79.9. The smallest absolute Gasteiger partial charge is 0.112 e. The van der Waals surface area contributed by atoms with E-state index in [2.05, 4.69) is 36.1 Å². The Bertz CT molecular complexity index is 676. The molecule has 2 aromatic rings. The van der Waals surface area contributed by atoms with Crippen LogP contribution in [-0.2, 0) is 0 Å². The van der Waals surface area contributed by atoms with Gasteiger partial charge >= 0.3 is 0 Å². The fourth-order valence-corrected chi connectivity index (χ4v) is 4.34. The van der Waals surface area contributed by atoms with E-state index in [9.17, 15) is 0 Å². The second-order valence-corrected chi connectivity index (χ2v) is 7.69. The van der Waals surface area contributed by atoms with Crippen molar-refractivity contribution in [2.45, 2.75) is 50.6 Å². The molecule has 1 aliphatic carbocycles. The zero-order chi connectivity index (χ0) is 15.6. The number of pyridine rings is 2. The minimum Gasteiger partial charge on any atom is -0.380 e. The predicted octanol–water partition coefficient (Wildman–Crippen LogP) is 4.21. The van der Waals surface area contributed by atoms with Crippen molar-refractivity contribution >= 4 is 32.7 Å². The lowest BCUT2D eigenvalue weighted by molar-refractivity contribution is 0.159. The Labute approximate surface area is 145 Å².